The summed E-state index contributed by atoms with van der Waals surface area (Å²) in [7, 11) is 3.79. The van der Waals surface area contributed by atoms with Gasteiger partial charge in [-0.1, -0.05) is 90.5 Å². The maximum atomic E-state index is 13.5. The molecular formula is C27H31N3O2. The zero-order valence-corrected chi connectivity index (χ0v) is 18.8. The Morgan fingerprint density at radius 3 is 2.44 bits per heavy atom. The number of carbonyl (C=O) groups is 1. The van der Waals surface area contributed by atoms with Crippen LogP contribution in [-0.4, -0.2) is 47.2 Å². The molecule has 1 aliphatic carbocycles. The van der Waals surface area contributed by atoms with Gasteiger partial charge < -0.3 is 14.9 Å². The number of nitrogens with zero attached hydrogens (tertiary/aromatic N) is 2. The van der Waals surface area contributed by atoms with Gasteiger partial charge in [0, 0.05) is 26.6 Å². The Bertz CT molecular complexity index is 1030. The number of fused-ring (bicyclic) bond motifs is 1. The van der Waals surface area contributed by atoms with Gasteiger partial charge in [-0.05, 0) is 18.1 Å². The second kappa shape index (κ2) is 9.55. The Balaban J connectivity index is 1.54. The molecule has 4 rings (SSSR count). The van der Waals surface area contributed by atoms with Crippen LogP contribution in [0.25, 0.3) is 0 Å². The lowest BCUT2D eigenvalue weighted by Crippen LogP contribution is -2.45. The molecule has 0 saturated heterocycles. The largest absolute Gasteiger partial charge is 0.373 e. The molecule has 166 valence electrons. The maximum Gasteiger partial charge on any atom is 0.244 e. The van der Waals surface area contributed by atoms with Crippen LogP contribution < -0.4 is 5.32 Å². The van der Waals surface area contributed by atoms with E-state index in [1.54, 1.807) is 11.9 Å². The topological polar surface area (TPSA) is 55.8 Å². The Morgan fingerprint density at radius 1 is 1.09 bits per heavy atom. The Morgan fingerprint density at radius 2 is 1.75 bits per heavy atom. The highest BCUT2D eigenvalue weighted by Crippen LogP contribution is 2.33. The van der Waals surface area contributed by atoms with Crippen LogP contribution in [0.5, 0.6) is 0 Å². The summed E-state index contributed by atoms with van der Waals surface area (Å²) < 4.78 is 0. The van der Waals surface area contributed by atoms with Gasteiger partial charge in [-0.25, -0.2) is 0 Å². The number of carbonyl (C=O) groups excluding carboxylic acids is 1. The first-order valence-electron chi connectivity index (χ1n) is 11.0. The highest BCUT2D eigenvalue weighted by molar-refractivity contribution is 5.83. The molecule has 2 N–H and O–H groups in total. The lowest BCUT2D eigenvalue weighted by atomic mass is 9.94. The highest BCUT2D eigenvalue weighted by Gasteiger charge is 2.35. The molecule has 0 bridgehead atoms. The predicted octanol–water partition coefficient (Wildman–Crippen LogP) is 3.62. The first-order valence-corrected chi connectivity index (χ1v) is 11.0. The van der Waals surface area contributed by atoms with Crippen LogP contribution in [0.3, 0.4) is 0 Å². The third kappa shape index (κ3) is 4.69. The Labute approximate surface area is 190 Å². The van der Waals surface area contributed by atoms with Crippen molar-refractivity contribution in [2.75, 3.05) is 14.1 Å². The van der Waals surface area contributed by atoms with Crippen molar-refractivity contribution in [1.29, 1.82) is 0 Å². The Kier molecular flexibility index (Phi) is 6.58. The summed E-state index contributed by atoms with van der Waals surface area (Å²) in [5.74, 6) is 0.136. The average Bonchev–Trinajstić information content (AvgIpc) is 3.13. The molecule has 32 heavy (non-hydrogen) atoms. The van der Waals surface area contributed by atoms with Crippen molar-refractivity contribution in [2.24, 2.45) is 5.92 Å². The average molecular weight is 430 g/mol. The summed E-state index contributed by atoms with van der Waals surface area (Å²) in [4.78, 5) is 17.3. The minimum Gasteiger partial charge on any atom is -0.373 e. The molecule has 0 saturated carbocycles. The molecule has 0 radical (unpaired) electrons. The standard InChI is InChI=1S/C27H31N3O2/c1-19-14-15-23-22(16-19)17-24(30(23)3)26(31)28-25(21-12-8-5-9-13-21)27(32)29(2)18-20-10-6-4-7-11-20/h4-17,22-23,25-26,28,31H,18H2,1-3H3. The number of amides is 1. The number of nitrogens with one attached hydrogen (secondary N) is 1. The molecular weight excluding hydrogens is 398 g/mol. The third-order valence-corrected chi connectivity index (χ3v) is 6.25. The van der Waals surface area contributed by atoms with E-state index in [1.807, 2.05) is 67.7 Å². The van der Waals surface area contributed by atoms with Crippen molar-refractivity contribution in [2.45, 2.75) is 31.8 Å². The number of aliphatic hydroxyl groups excluding tert-OH is 1. The van der Waals surface area contributed by atoms with E-state index in [9.17, 15) is 9.90 Å². The molecule has 1 aliphatic heterocycles. The first-order chi connectivity index (χ1) is 15.4. The molecule has 4 atom stereocenters. The third-order valence-electron chi connectivity index (χ3n) is 6.25. The molecule has 2 aliphatic rings. The molecule has 2 aromatic carbocycles. The number of likely N-dealkylation sites (N-methyl/N-ethyl adjacent to an activating group) is 2. The van der Waals surface area contributed by atoms with Gasteiger partial charge in [-0.3, -0.25) is 10.1 Å². The second-order valence-corrected chi connectivity index (χ2v) is 8.63. The van der Waals surface area contributed by atoms with Gasteiger partial charge in [0.2, 0.25) is 5.91 Å². The summed E-state index contributed by atoms with van der Waals surface area (Å²) in [5, 5.41) is 14.4. The van der Waals surface area contributed by atoms with Crippen LogP contribution in [0.1, 0.15) is 24.1 Å². The number of benzene rings is 2. The lowest BCUT2D eigenvalue weighted by Gasteiger charge is -2.32. The van der Waals surface area contributed by atoms with Gasteiger partial charge in [0.05, 0.1) is 11.7 Å². The molecule has 5 nitrogen and oxygen atoms in total. The van der Waals surface area contributed by atoms with Crippen molar-refractivity contribution < 1.29 is 9.90 Å². The van der Waals surface area contributed by atoms with Crippen molar-refractivity contribution in [3.05, 3.63) is 107 Å². The van der Waals surface area contributed by atoms with E-state index >= 15 is 0 Å². The van der Waals surface area contributed by atoms with Crippen LogP contribution >= 0.6 is 0 Å². The van der Waals surface area contributed by atoms with Crippen LogP contribution in [0.4, 0.5) is 0 Å². The molecule has 0 fully saturated rings. The van der Waals surface area contributed by atoms with E-state index in [1.165, 1.54) is 5.57 Å². The fraction of sp³-hybridized carbons (Fsp3) is 0.296. The molecule has 4 unspecified atom stereocenters. The van der Waals surface area contributed by atoms with Crippen molar-refractivity contribution in [3.63, 3.8) is 0 Å². The lowest BCUT2D eigenvalue weighted by molar-refractivity contribution is -0.133. The fourth-order valence-corrected chi connectivity index (χ4v) is 4.50. The number of hydrogen-bond acceptors (Lipinski definition) is 4. The van der Waals surface area contributed by atoms with Crippen LogP contribution in [0.15, 0.2) is 96.2 Å². The molecule has 1 heterocycles. The van der Waals surface area contributed by atoms with Crippen LogP contribution in [0, 0.1) is 5.92 Å². The van der Waals surface area contributed by atoms with E-state index in [0.717, 1.165) is 16.8 Å². The summed E-state index contributed by atoms with van der Waals surface area (Å²) >= 11 is 0. The monoisotopic (exact) mass is 429 g/mol. The number of allylic oxidation sites excluding steroid dienone is 2. The number of hydrogen-bond donors (Lipinski definition) is 2. The molecule has 1 amide bonds. The maximum absolute atomic E-state index is 13.5. The van der Waals surface area contributed by atoms with Gasteiger partial charge in [0.15, 0.2) is 0 Å². The highest BCUT2D eigenvalue weighted by atomic mass is 16.3. The van der Waals surface area contributed by atoms with Crippen molar-refractivity contribution in [1.82, 2.24) is 15.1 Å². The van der Waals surface area contributed by atoms with Crippen molar-refractivity contribution in [3.8, 4) is 0 Å². The van der Waals surface area contributed by atoms with Crippen LogP contribution in [0.2, 0.25) is 0 Å². The quantitative estimate of drug-likeness (QED) is 0.660. The van der Waals surface area contributed by atoms with E-state index in [-0.39, 0.29) is 17.9 Å². The first kappa shape index (κ1) is 22.1. The predicted molar refractivity (Wildman–Crippen MR) is 127 cm³/mol. The smallest absolute Gasteiger partial charge is 0.244 e. The summed E-state index contributed by atoms with van der Waals surface area (Å²) in [6, 6.07) is 19.0. The minimum atomic E-state index is -0.966. The number of aliphatic hydroxyl groups is 1. The van der Waals surface area contributed by atoms with Gasteiger partial charge in [-0.2, -0.15) is 0 Å². The normalized spacial score (nSPS) is 21.4. The Hall–Kier alpha value is -3.15. The van der Waals surface area contributed by atoms with Gasteiger partial charge >= 0.3 is 0 Å². The molecule has 0 aromatic heterocycles. The summed E-state index contributed by atoms with van der Waals surface area (Å²) in [5.41, 5.74) is 3.90. The van der Waals surface area contributed by atoms with E-state index in [4.69, 9.17) is 0 Å². The van der Waals surface area contributed by atoms with Gasteiger partial charge in [0.25, 0.3) is 0 Å². The summed E-state index contributed by atoms with van der Waals surface area (Å²) in [6.45, 7) is 2.59. The molecule has 0 spiro atoms. The van der Waals surface area contributed by atoms with E-state index in [0.29, 0.717) is 6.54 Å². The van der Waals surface area contributed by atoms with E-state index in [2.05, 4.69) is 41.4 Å². The summed E-state index contributed by atoms with van der Waals surface area (Å²) in [6.07, 6.45) is 7.63. The molecule has 2 aromatic rings. The van der Waals surface area contributed by atoms with Gasteiger partial charge in [-0.15, -0.1) is 0 Å². The zero-order chi connectivity index (χ0) is 22.7. The second-order valence-electron chi connectivity index (χ2n) is 8.63. The SMILES string of the molecule is CC1=CC2C=C(C(O)NC(C(=O)N(C)Cc3ccccc3)c3ccccc3)N(C)C2C=C1. The van der Waals surface area contributed by atoms with E-state index < -0.39 is 12.3 Å². The van der Waals surface area contributed by atoms with Crippen molar-refractivity contribution >= 4 is 5.91 Å². The van der Waals surface area contributed by atoms with Gasteiger partial charge in [0.1, 0.15) is 12.3 Å². The zero-order valence-electron chi connectivity index (χ0n) is 18.8. The van der Waals surface area contributed by atoms with Crippen LogP contribution in [-0.2, 0) is 11.3 Å². The minimum absolute atomic E-state index is 0.0894. The fourth-order valence-electron chi connectivity index (χ4n) is 4.50. The number of rotatable bonds is 7. The molecule has 5 heteroatoms.